The number of likely N-dealkylation sites (tertiary alicyclic amines) is 2. The Bertz CT molecular complexity index is 3570. The van der Waals surface area contributed by atoms with Crippen LogP contribution in [0.1, 0.15) is 137 Å². The summed E-state index contributed by atoms with van der Waals surface area (Å²) in [7, 11) is 2.59. The number of anilines is 2. The van der Waals surface area contributed by atoms with Crippen LogP contribution in [0.3, 0.4) is 0 Å². The lowest BCUT2D eigenvalue weighted by Gasteiger charge is -2.41. The van der Waals surface area contributed by atoms with Crippen LogP contribution >= 0.6 is 0 Å². The Kier molecular flexibility index (Phi) is 16.3. The molecule has 85 heavy (non-hydrogen) atoms. The first-order chi connectivity index (χ1) is 40.8. The smallest absolute Gasteiger partial charge is 0.407 e. The van der Waals surface area contributed by atoms with Crippen molar-refractivity contribution in [2.45, 2.75) is 121 Å². The van der Waals surface area contributed by atoms with Crippen LogP contribution < -0.4 is 15.1 Å². The van der Waals surface area contributed by atoms with Gasteiger partial charge in [-0.05, 0) is 98.6 Å². The second kappa shape index (κ2) is 23.7. The number of carboxylic acid groups (broad SMARTS) is 1. The zero-order valence-electron chi connectivity index (χ0n) is 48.4. The van der Waals surface area contributed by atoms with Crippen LogP contribution in [0.4, 0.5) is 42.9 Å². The molecule has 6 heterocycles. The number of hydrogen-bond acceptors (Lipinski definition) is 9. The van der Waals surface area contributed by atoms with Crippen LogP contribution in [-0.2, 0) is 20.0 Å². The molecule has 0 unspecified atom stereocenters. The Hall–Kier alpha value is -8.23. The number of halogens is 5. The van der Waals surface area contributed by atoms with E-state index in [4.69, 9.17) is 14.7 Å². The molecule has 4 aliphatic rings. The average molecular weight is 1170 g/mol. The van der Waals surface area contributed by atoms with Crippen LogP contribution in [0.2, 0.25) is 0 Å². The first-order valence-electron chi connectivity index (χ1n) is 29.4. The van der Waals surface area contributed by atoms with Gasteiger partial charge in [0.1, 0.15) is 41.1 Å². The summed E-state index contributed by atoms with van der Waals surface area (Å²) >= 11 is 0. The minimum absolute atomic E-state index is 0.0261. The SMILES string of the molecule is COC(=O)N[C@H](C(=O)N1CCC[C@H]1c1nc2cc(F)c([C@H]3CC[C@H](c4cc5[nH]c([C@@H]6CCCN6C(=O)[C@H](C(C)C)N(C)C(=O)O)nc5cc4F)N3c3cc(F)c(N4CCC(C(F)(c5ccccc5)c5ccccc5)CC4)c(F)c3)cc2[nH]1)C(C)C. The van der Waals surface area contributed by atoms with E-state index in [-0.39, 0.29) is 96.0 Å². The van der Waals surface area contributed by atoms with Gasteiger partial charge in [0.25, 0.3) is 0 Å². The highest BCUT2D eigenvalue weighted by atomic mass is 19.2. The number of H-pyrrole nitrogens is 2. The standard InChI is InChI=1S/C64H71F5N10O6/c1-35(2)55(74-62(82)85-6)60(80)77-25-13-19-53(77)58-70-47-31-41(43(65)33-49(47)72-58)51-21-22-52(42-32-48-50(34-44(42)66)73-59(71-48)54-20-14-26-78(54)61(81)56(36(3)4)75(5)63(83)84)79(51)40-29-45(67)57(46(68)30-40)76-27-23-39(24-28-76)64(69,37-15-9-7-10-16-37)38-17-11-8-12-18-38/h7-12,15-18,29-36,39,51-56H,13-14,19-28H2,1-6H3,(H,70,72)(H,71,73)(H,74,82)(H,83,84)/t51-,52-,53+,54+,55+,56+/m1/s1. The fraction of sp³-hybridized carbons (Fsp3) is 0.438. The van der Waals surface area contributed by atoms with Gasteiger partial charge in [0, 0.05) is 68.1 Å². The van der Waals surface area contributed by atoms with Crippen molar-refractivity contribution in [3.63, 3.8) is 0 Å². The van der Waals surface area contributed by atoms with Crippen LogP contribution in [0.15, 0.2) is 97.1 Å². The maximum atomic E-state index is 17.8. The Balaban J connectivity index is 0.939. The summed E-state index contributed by atoms with van der Waals surface area (Å²) in [5.74, 6) is -4.18. The van der Waals surface area contributed by atoms with Crippen molar-refractivity contribution in [3.05, 3.63) is 154 Å². The third-order valence-corrected chi connectivity index (χ3v) is 18.1. The number of nitrogens with one attached hydrogen (secondary N) is 3. The average Bonchev–Trinajstić information content (AvgIpc) is 3.32. The van der Waals surface area contributed by atoms with E-state index in [9.17, 15) is 24.3 Å². The number of carbonyl (C=O) groups excluding carboxylic acids is 3. The van der Waals surface area contributed by atoms with Gasteiger partial charge in [-0.25, -0.2) is 41.5 Å². The van der Waals surface area contributed by atoms with Gasteiger partial charge in [0.15, 0.2) is 17.3 Å². The molecule has 21 heteroatoms. The number of rotatable bonds is 15. The lowest BCUT2D eigenvalue weighted by atomic mass is 9.73. The van der Waals surface area contributed by atoms with Crippen LogP contribution in [0.25, 0.3) is 22.1 Å². The number of imidazole rings is 2. The predicted molar refractivity (Wildman–Crippen MR) is 311 cm³/mol. The number of aromatic nitrogens is 4. The number of benzene rings is 5. The number of ether oxygens (including phenoxy) is 1. The van der Waals surface area contributed by atoms with Gasteiger partial charge in [0.2, 0.25) is 11.8 Å². The van der Waals surface area contributed by atoms with E-state index >= 15 is 22.0 Å². The Morgan fingerprint density at radius 2 is 1.13 bits per heavy atom. The minimum atomic E-state index is -1.87. The van der Waals surface area contributed by atoms with E-state index in [2.05, 4.69) is 15.3 Å². The number of hydrogen-bond donors (Lipinski definition) is 4. The fourth-order valence-electron chi connectivity index (χ4n) is 13.9. The van der Waals surface area contributed by atoms with Gasteiger partial charge < -0.3 is 44.7 Å². The van der Waals surface area contributed by atoms with E-state index < -0.39 is 83.3 Å². The van der Waals surface area contributed by atoms with E-state index in [1.165, 1.54) is 38.4 Å². The number of alkyl halides is 1. The quantitative estimate of drug-likeness (QED) is 0.0721. The molecule has 0 saturated carbocycles. The fourth-order valence-corrected chi connectivity index (χ4v) is 13.9. The first-order valence-corrected chi connectivity index (χ1v) is 29.4. The number of nitrogens with zero attached hydrogens (tertiary/aromatic N) is 7. The third kappa shape index (κ3) is 10.9. The summed E-state index contributed by atoms with van der Waals surface area (Å²) < 4.78 is 91.2. The monoisotopic (exact) mass is 1170 g/mol. The zero-order valence-corrected chi connectivity index (χ0v) is 48.4. The summed E-state index contributed by atoms with van der Waals surface area (Å²) in [5.41, 5.74) is 0.537. The molecule has 448 valence electrons. The summed E-state index contributed by atoms with van der Waals surface area (Å²) in [6.07, 6.45) is 1.31. The lowest BCUT2D eigenvalue weighted by Crippen LogP contribution is -2.51. The van der Waals surface area contributed by atoms with Crippen LogP contribution in [-0.4, -0.2) is 116 Å². The second-order valence-corrected chi connectivity index (χ2v) is 23.8. The largest absolute Gasteiger partial charge is 0.465 e. The molecule has 16 nitrogen and oxygen atoms in total. The molecule has 0 spiro atoms. The summed E-state index contributed by atoms with van der Waals surface area (Å²) in [4.78, 5) is 76.2. The summed E-state index contributed by atoms with van der Waals surface area (Å²) in [6.45, 7) is 8.22. The zero-order chi connectivity index (χ0) is 60.2. The van der Waals surface area contributed by atoms with Crippen molar-refractivity contribution < 1.29 is 51.0 Å². The number of amides is 4. The third-order valence-electron chi connectivity index (χ3n) is 18.1. The number of piperidine rings is 1. The highest BCUT2D eigenvalue weighted by Gasteiger charge is 2.46. The molecule has 6 atom stereocenters. The number of methoxy groups -OCH3 is 1. The molecule has 0 radical (unpaired) electrons. The van der Waals surface area contributed by atoms with E-state index in [0.29, 0.717) is 72.6 Å². The number of alkyl carbamates (subject to hydrolysis) is 1. The Morgan fingerprint density at radius 3 is 1.58 bits per heavy atom. The number of aromatic amines is 2. The molecule has 0 bridgehead atoms. The molecule has 5 aromatic carbocycles. The highest BCUT2D eigenvalue weighted by Crippen LogP contribution is 2.51. The van der Waals surface area contributed by atoms with Crippen molar-refractivity contribution in [3.8, 4) is 0 Å². The van der Waals surface area contributed by atoms with E-state index in [0.717, 1.165) is 4.90 Å². The molecular weight excluding hydrogens is 1100 g/mol. The van der Waals surface area contributed by atoms with Gasteiger partial charge >= 0.3 is 12.2 Å². The van der Waals surface area contributed by atoms with E-state index in [1.807, 2.05) is 26.0 Å². The van der Waals surface area contributed by atoms with Gasteiger partial charge in [-0.1, -0.05) is 88.4 Å². The minimum Gasteiger partial charge on any atom is -0.465 e. The highest BCUT2D eigenvalue weighted by molar-refractivity contribution is 5.87. The molecule has 7 aromatic rings. The molecule has 4 N–H and O–H groups in total. The van der Waals surface area contributed by atoms with E-state index in [1.54, 1.807) is 94.1 Å². The summed E-state index contributed by atoms with van der Waals surface area (Å²) in [5, 5.41) is 12.5. The van der Waals surface area contributed by atoms with Gasteiger partial charge in [-0.3, -0.25) is 14.5 Å². The van der Waals surface area contributed by atoms with Gasteiger partial charge in [-0.15, -0.1) is 0 Å². The molecule has 11 rings (SSSR count). The van der Waals surface area contributed by atoms with Crippen molar-refractivity contribution in [1.82, 2.24) is 40.0 Å². The van der Waals surface area contributed by atoms with Gasteiger partial charge in [0.05, 0.1) is 53.3 Å². The Labute approximate surface area is 489 Å². The second-order valence-electron chi connectivity index (χ2n) is 23.8. The predicted octanol–water partition coefficient (Wildman–Crippen LogP) is 12.6. The lowest BCUT2D eigenvalue weighted by molar-refractivity contribution is -0.138. The first kappa shape index (κ1) is 58.5. The van der Waals surface area contributed by atoms with Crippen molar-refractivity contribution in [2.75, 3.05) is 50.1 Å². The normalized spacial score (nSPS) is 20.3. The maximum Gasteiger partial charge on any atom is 0.407 e. The number of likely N-dealkylation sites (N-methyl/N-ethyl adjacent to an activating group) is 1. The molecule has 4 saturated heterocycles. The molecule has 2 aromatic heterocycles. The summed E-state index contributed by atoms with van der Waals surface area (Å²) in [6, 6.07) is 21.2. The topological polar surface area (TPSA) is 183 Å². The maximum absolute atomic E-state index is 17.8. The van der Waals surface area contributed by atoms with Crippen LogP contribution in [0.5, 0.6) is 0 Å². The molecule has 4 amide bonds. The van der Waals surface area contributed by atoms with Crippen molar-refractivity contribution in [2.24, 2.45) is 17.8 Å². The Morgan fingerprint density at radius 1 is 0.647 bits per heavy atom. The van der Waals surface area contributed by atoms with Gasteiger partial charge in [-0.2, -0.15) is 0 Å². The molecule has 0 aliphatic carbocycles. The number of fused-ring (bicyclic) bond motifs is 2. The molecule has 4 fully saturated rings. The van der Waals surface area contributed by atoms with Crippen molar-refractivity contribution in [1.29, 1.82) is 0 Å². The number of carbonyl (C=O) groups is 4. The van der Waals surface area contributed by atoms with Crippen LogP contribution in [0, 0.1) is 41.0 Å². The molecular formula is C64H71F5N10O6. The van der Waals surface area contributed by atoms with Crippen molar-refractivity contribution >= 4 is 57.4 Å². The molecule has 4 aliphatic heterocycles.